The number of hydrogen-bond donors (Lipinski definition) is 0. The van der Waals surface area contributed by atoms with E-state index in [1.165, 1.54) is 72.8 Å². The molecule has 0 spiro atoms. The largest absolute Gasteiger partial charge is 0.299 e. The van der Waals surface area contributed by atoms with Crippen LogP contribution in [0.1, 0.15) is 0 Å². The van der Waals surface area contributed by atoms with Crippen LogP contribution in [0.15, 0.2) is 265 Å². The zero-order valence-corrected chi connectivity index (χ0v) is 40.3. The second-order valence-electron chi connectivity index (χ2n) is 18.1. The average Bonchev–Trinajstić information content (AvgIpc) is 4.05. The molecule has 1 aliphatic rings. The molecule has 0 radical (unpaired) electrons. The second-order valence-corrected chi connectivity index (χ2v) is 26.7. The maximum atomic E-state index is 5.14. The van der Waals surface area contributed by atoms with Gasteiger partial charge in [0.1, 0.15) is 11.5 Å². The molecule has 14 rings (SSSR count). The molecule has 7 heteroatoms. The van der Waals surface area contributed by atoms with E-state index >= 15 is 0 Å². The van der Waals surface area contributed by atoms with Crippen molar-refractivity contribution in [1.29, 1.82) is 0 Å². The number of para-hydroxylation sites is 1. The first-order chi connectivity index (χ1) is 34.2. The van der Waals surface area contributed by atoms with Crippen molar-refractivity contribution < 1.29 is 0 Å². The first kappa shape index (κ1) is 40.0. The molecule has 0 aliphatic carbocycles. The first-order valence-corrected chi connectivity index (χ1v) is 28.4. The van der Waals surface area contributed by atoms with Crippen molar-refractivity contribution in [3.8, 4) is 5.82 Å². The van der Waals surface area contributed by atoms with Gasteiger partial charge in [-0.2, -0.15) is 0 Å². The lowest BCUT2D eigenvalue weighted by atomic mass is 10.1. The van der Waals surface area contributed by atoms with Crippen molar-refractivity contribution in [1.82, 2.24) is 18.9 Å². The highest BCUT2D eigenvalue weighted by molar-refractivity contribution is 8.00. The standard InChI is InChI=1S/C62H42N4SSi2/c1-5-19-43(20-6-1)68(44-21-7-2-8-22-44,47-32-34-49-50-27-13-14-28-54(50)65-38-37-64-62(65)53(49)39-47)48-33-35-51-52-41-58-60(42-56(52)66(55(51)40-48)61-31-17-18-36-63-61)69(45-23-9-3-10-24-45,46-25-11-4-12-26-46)59-30-16-15-29-57(59)67-58/h1-42H. The molecule has 4 aromatic heterocycles. The number of hydrogen-bond acceptors (Lipinski definition) is 3. The van der Waals surface area contributed by atoms with E-state index < -0.39 is 16.1 Å². The lowest BCUT2D eigenvalue weighted by Gasteiger charge is -2.40. The van der Waals surface area contributed by atoms with Gasteiger partial charge in [0.2, 0.25) is 0 Å². The van der Waals surface area contributed by atoms with E-state index in [9.17, 15) is 0 Å². The van der Waals surface area contributed by atoms with Gasteiger partial charge in [-0.15, -0.1) is 0 Å². The summed E-state index contributed by atoms with van der Waals surface area (Å²) in [7, 11) is -5.94. The topological polar surface area (TPSA) is 35.1 Å². The third-order valence-corrected chi connectivity index (χ3v) is 25.8. The SMILES string of the molecule is c1ccc([Si](c2ccccc2)(c2ccc3c4ccccc4n4ccnc4c3c2)c2ccc3c4cc5c(cc4n(-c4ccccn4)c3c2)[Si](c2ccccc2)(c2ccccc2)c2ccccc2S5)cc1. The van der Waals surface area contributed by atoms with Crippen LogP contribution in [0.4, 0.5) is 0 Å². The fraction of sp³-hybridized carbons (Fsp3) is 0. The molecule has 0 saturated carbocycles. The maximum Gasteiger partial charge on any atom is 0.181 e. The van der Waals surface area contributed by atoms with Gasteiger partial charge in [0, 0.05) is 49.9 Å². The molecular weight excluding hydrogens is 889 g/mol. The highest BCUT2D eigenvalue weighted by Gasteiger charge is 2.48. The van der Waals surface area contributed by atoms with Gasteiger partial charge in [-0.1, -0.05) is 206 Å². The minimum Gasteiger partial charge on any atom is -0.299 e. The van der Waals surface area contributed by atoms with Gasteiger partial charge in [-0.3, -0.25) is 8.97 Å². The first-order valence-electron chi connectivity index (χ1n) is 23.5. The number of nitrogens with zero attached hydrogens (tertiary/aromatic N) is 4. The van der Waals surface area contributed by atoms with Crippen molar-refractivity contribution in [2.75, 3.05) is 0 Å². The molecule has 5 heterocycles. The summed E-state index contributed by atoms with van der Waals surface area (Å²) in [5.74, 6) is 0.899. The molecule has 0 fully saturated rings. The number of aromatic nitrogens is 4. The van der Waals surface area contributed by atoms with E-state index in [1.54, 1.807) is 0 Å². The highest BCUT2D eigenvalue weighted by atomic mass is 32.2. The highest BCUT2D eigenvalue weighted by Crippen LogP contribution is 2.39. The smallest absolute Gasteiger partial charge is 0.181 e. The van der Waals surface area contributed by atoms with Crippen LogP contribution in [0.2, 0.25) is 0 Å². The molecular formula is C62H42N4SSi2. The summed E-state index contributed by atoms with van der Waals surface area (Å²) < 4.78 is 4.70. The van der Waals surface area contributed by atoms with Crippen LogP contribution < -0.4 is 41.5 Å². The molecule has 0 atom stereocenters. The number of imidazole rings is 1. The zero-order valence-electron chi connectivity index (χ0n) is 37.4. The van der Waals surface area contributed by atoms with Gasteiger partial charge in [-0.05, 0) is 89.3 Å². The Bertz CT molecular complexity index is 4020. The van der Waals surface area contributed by atoms with Gasteiger partial charge in [0.15, 0.2) is 16.1 Å². The number of pyridine rings is 2. The molecule has 9 aromatic carbocycles. The molecule has 69 heavy (non-hydrogen) atoms. The van der Waals surface area contributed by atoms with Crippen molar-refractivity contribution in [3.63, 3.8) is 0 Å². The summed E-state index contributed by atoms with van der Waals surface area (Å²) in [5.41, 5.74) is 4.43. The van der Waals surface area contributed by atoms with Gasteiger partial charge in [0.05, 0.1) is 16.6 Å². The summed E-state index contributed by atoms with van der Waals surface area (Å²) in [5, 5.41) is 16.8. The van der Waals surface area contributed by atoms with E-state index in [0.717, 1.165) is 33.4 Å². The van der Waals surface area contributed by atoms with Crippen LogP contribution in [0, 0.1) is 0 Å². The Morgan fingerprint density at radius 2 is 0.971 bits per heavy atom. The third kappa shape index (κ3) is 5.82. The quantitative estimate of drug-likeness (QED) is 0.0909. The Hall–Kier alpha value is -8.08. The monoisotopic (exact) mass is 930 g/mol. The number of rotatable bonds is 7. The second kappa shape index (κ2) is 15.8. The van der Waals surface area contributed by atoms with Crippen molar-refractivity contribution in [2.24, 2.45) is 0 Å². The van der Waals surface area contributed by atoms with Crippen LogP contribution >= 0.6 is 11.8 Å². The van der Waals surface area contributed by atoms with Gasteiger partial charge in [-0.25, -0.2) is 9.97 Å². The fourth-order valence-corrected chi connectivity index (χ4v) is 23.6. The third-order valence-electron chi connectivity index (χ3n) is 14.7. The Kier molecular flexibility index (Phi) is 9.14. The maximum absolute atomic E-state index is 5.14. The fourth-order valence-electron chi connectivity index (χ4n) is 11.9. The Morgan fingerprint density at radius 3 is 1.68 bits per heavy atom. The van der Waals surface area contributed by atoms with Gasteiger partial charge < -0.3 is 0 Å². The van der Waals surface area contributed by atoms with Crippen LogP contribution in [-0.4, -0.2) is 35.1 Å². The summed E-state index contributed by atoms with van der Waals surface area (Å²) in [6.07, 6.45) is 5.95. The molecule has 13 aromatic rings. The predicted molar refractivity (Wildman–Crippen MR) is 294 cm³/mol. The summed E-state index contributed by atoms with van der Waals surface area (Å²) in [4.78, 5) is 12.8. The molecule has 0 unspecified atom stereocenters. The molecule has 0 N–H and O–H groups in total. The van der Waals surface area contributed by atoms with E-state index in [1.807, 2.05) is 30.2 Å². The normalized spacial score (nSPS) is 13.3. The van der Waals surface area contributed by atoms with Crippen LogP contribution in [0.25, 0.3) is 54.9 Å². The minimum absolute atomic E-state index is 0.899. The van der Waals surface area contributed by atoms with Crippen molar-refractivity contribution >= 4 is 119 Å². The predicted octanol–water partition coefficient (Wildman–Crippen LogP) is 9.35. The zero-order chi connectivity index (χ0) is 45.5. The molecule has 4 nitrogen and oxygen atoms in total. The van der Waals surface area contributed by atoms with Gasteiger partial charge >= 0.3 is 0 Å². The van der Waals surface area contributed by atoms with E-state index in [-0.39, 0.29) is 0 Å². The Labute approximate surface area is 405 Å². The van der Waals surface area contributed by atoms with Crippen molar-refractivity contribution in [3.05, 3.63) is 255 Å². The minimum atomic E-state index is -3.09. The molecule has 0 bridgehead atoms. The Morgan fingerprint density at radius 1 is 0.377 bits per heavy atom. The molecule has 324 valence electrons. The molecule has 1 aliphatic heterocycles. The van der Waals surface area contributed by atoms with Crippen LogP contribution in [-0.2, 0) is 0 Å². The molecule has 0 saturated heterocycles. The average molecular weight is 931 g/mol. The number of benzene rings is 9. The van der Waals surface area contributed by atoms with Crippen molar-refractivity contribution in [2.45, 2.75) is 9.79 Å². The molecule has 0 amide bonds. The summed E-state index contributed by atoms with van der Waals surface area (Å²) in [6, 6.07) is 89.0. The van der Waals surface area contributed by atoms with Crippen LogP contribution in [0.5, 0.6) is 0 Å². The summed E-state index contributed by atoms with van der Waals surface area (Å²) in [6.45, 7) is 0. The lowest BCUT2D eigenvalue weighted by molar-refractivity contribution is 1.08. The lowest BCUT2D eigenvalue weighted by Crippen LogP contribution is -2.76. The summed E-state index contributed by atoms with van der Waals surface area (Å²) >= 11 is 1.91. The van der Waals surface area contributed by atoms with Crippen LogP contribution in [0.3, 0.4) is 0 Å². The Balaban J connectivity index is 1.10. The van der Waals surface area contributed by atoms with E-state index in [0.29, 0.717) is 0 Å². The number of fused-ring (bicyclic) bond motifs is 11. The van der Waals surface area contributed by atoms with E-state index in [4.69, 9.17) is 9.97 Å². The van der Waals surface area contributed by atoms with Gasteiger partial charge in [0.25, 0.3) is 0 Å². The van der Waals surface area contributed by atoms with E-state index in [2.05, 4.69) is 246 Å².